The van der Waals surface area contributed by atoms with Crippen molar-refractivity contribution in [3.05, 3.63) is 58.9 Å². The summed E-state index contributed by atoms with van der Waals surface area (Å²) in [5.41, 5.74) is 1.06. The van der Waals surface area contributed by atoms with Crippen LogP contribution in [-0.2, 0) is 4.79 Å². The van der Waals surface area contributed by atoms with Crippen LogP contribution in [0.25, 0.3) is 0 Å². The van der Waals surface area contributed by atoms with Crippen LogP contribution in [0.15, 0.2) is 42.5 Å². The molecule has 0 saturated heterocycles. The Labute approximate surface area is 132 Å². The van der Waals surface area contributed by atoms with Gasteiger partial charge in [-0.1, -0.05) is 11.6 Å². The van der Waals surface area contributed by atoms with Crippen molar-refractivity contribution in [2.24, 2.45) is 0 Å². The molecule has 0 unspecified atom stereocenters. The van der Waals surface area contributed by atoms with E-state index >= 15 is 0 Å². The molecule has 0 heterocycles. The van der Waals surface area contributed by atoms with Crippen LogP contribution >= 0.6 is 11.6 Å². The molecular formula is C16H14ClFN2O2. The van der Waals surface area contributed by atoms with Crippen LogP contribution in [0.5, 0.6) is 0 Å². The van der Waals surface area contributed by atoms with E-state index in [1.54, 1.807) is 31.3 Å². The fourth-order valence-corrected chi connectivity index (χ4v) is 1.99. The van der Waals surface area contributed by atoms with Gasteiger partial charge in [0.15, 0.2) is 0 Å². The first-order valence-electron chi connectivity index (χ1n) is 6.49. The molecule has 0 aromatic heterocycles. The SMILES string of the molecule is CC(=O)N(C)c1ccc(NC(=O)c2cc(Cl)ccc2F)cc1. The normalized spacial score (nSPS) is 10.2. The van der Waals surface area contributed by atoms with Crippen LogP contribution in [0.1, 0.15) is 17.3 Å². The monoisotopic (exact) mass is 320 g/mol. The van der Waals surface area contributed by atoms with Crippen LogP contribution in [-0.4, -0.2) is 18.9 Å². The van der Waals surface area contributed by atoms with Gasteiger partial charge >= 0.3 is 0 Å². The Bertz CT molecular complexity index is 717. The lowest BCUT2D eigenvalue weighted by molar-refractivity contribution is -0.116. The summed E-state index contributed by atoms with van der Waals surface area (Å²) in [6, 6.07) is 10.4. The van der Waals surface area contributed by atoms with Gasteiger partial charge in [0.1, 0.15) is 5.82 Å². The van der Waals surface area contributed by atoms with Crippen molar-refractivity contribution in [3.8, 4) is 0 Å². The van der Waals surface area contributed by atoms with E-state index in [1.165, 1.54) is 24.0 Å². The summed E-state index contributed by atoms with van der Waals surface area (Å²) in [6.45, 7) is 1.46. The number of nitrogens with zero attached hydrogens (tertiary/aromatic N) is 1. The Morgan fingerprint density at radius 1 is 1.14 bits per heavy atom. The number of nitrogens with one attached hydrogen (secondary N) is 1. The van der Waals surface area contributed by atoms with Gasteiger partial charge in [0.2, 0.25) is 5.91 Å². The third-order valence-corrected chi connectivity index (χ3v) is 3.39. The molecule has 1 N–H and O–H groups in total. The molecule has 0 saturated carbocycles. The summed E-state index contributed by atoms with van der Waals surface area (Å²) in [4.78, 5) is 24.8. The van der Waals surface area contributed by atoms with Crippen molar-refractivity contribution in [1.29, 1.82) is 0 Å². The average molecular weight is 321 g/mol. The lowest BCUT2D eigenvalue weighted by Crippen LogP contribution is -2.22. The van der Waals surface area contributed by atoms with Crippen LogP contribution in [0.4, 0.5) is 15.8 Å². The van der Waals surface area contributed by atoms with Gasteiger partial charge in [-0.25, -0.2) is 4.39 Å². The summed E-state index contributed by atoms with van der Waals surface area (Å²) in [6.07, 6.45) is 0. The van der Waals surface area contributed by atoms with Gasteiger partial charge in [-0.05, 0) is 42.5 Å². The molecule has 0 atom stereocenters. The number of hydrogen-bond donors (Lipinski definition) is 1. The molecule has 4 nitrogen and oxygen atoms in total. The molecule has 22 heavy (non-hydrogen) atoms. The first-order valence-corrected chi connectivity index (χ1v) is 6.87. The molecule has 0 bridgehead atoms. The zero-order valence-electron chi connectivity index (χ0n) is 12.1. The molecule has 2 rings (SSSR count). The Morgan fingerprint density at radius 2 is 1.77 bits per heavy atom. The van der Waals surface area contributed by atoms with Gasteiger partial charge in [-0.2, -0.15) is 0 Å². The predicted octanol–water partition coefficient (Wildman–Crippen LogP) is 3.71. The highest BCUT2D eigenvalue weighted by Gasteiger charge is 2.13. The van der Waals surface area contributed by atoms with Gasteiger partial charge in [-0.15, -0.1) is 0 Å². The van der Waals surface area contributed by atoms with Gasteiger partial charge in [-0.3, -0.25) is 9.59 Å². The molecular weight excluding hydrogens is 307 g/mol. The van der Waals surface area contributed by atoms with Crippen LogP contribution in [0.2, 0.25) is 5.02 Å². The summed E-state index contributed by atoms with van der Waals surface area (Å²) in [7, 11) is 1.65. The molecule has 0 radical (unpaired) electrons. The van der Waals surface area contributed by atoms with E-state index in [4.69, 9.17) is 11.6 Å². The standard InChI is InChI=1S/C16H14ClFN2O2/c1-10(21)20(2)13-6-4-12(5-7-13)19-16(22)14-9-11(17)3-8-15(14)18/h3-9H,1-2H3,(H,19,22). The van der Waals surface area contributed by atoms with Crippen LogP contribution in [0.3, 0.4) is 0 Å². The maximum atomic E-state index is 13.6. The fraction of sp³-hybridized carbons (Fsp3) is 0.125. The molecule has 2 amide bonds. The van der Waals surface area contributed by atoms with Crippen LogP contribution < -0.4 is 10.2 Å². The number of amides is 2. The van der Waals surface area contributed by atoms with E-state index in [-0.39, 0.29) is 16.5 Å². The summed E-state index contributed by atoms with van der Waals surface area (Å²) >= 11 is 5.77. The Balaban J connectivity index is 2.15. The molecule has 0 aliphatic rings. The van der Waals surface area contributed by atoms with E-state index in [2.05, 4.69) is 5.32 Å². The second-order valence-corrected chi connectivity index (χ2v) is 5.14. The van der Waals surface area contributed by atoms with Crippen molar-refractivity contribution in [1.82, 2.24) is 0 Å². The molecule has 0 spiro atoms. The highest BCUT2D eigenvalue weighted by atomic mass is 35.5. The van der Waals surface area contributed by atoms with Gasteiger partial charge in [0.05, 0.1) is 5.56 Å². The average Bonchev–Trinajstić information content (AvgIpc) is 2.49. The van der Waals surface area contributed by atoms with Crippen molar-refractivity contribution < 1.29 is 14.0 Å². The van der Waals surface area contributed by atoms with E-state index < -0.39 is 11.7 Å². The lowest BCUT2D eigenvalue weighted by atomic mass is 10.2. The molecule has 0 aliphatic carbocycles. The maximum Gasteiger partial charge on any atom is 0.258 e. The van der Waals surface area contributed by atoms with Crippen molar-refractivity contribution in [3.63, 3.8) is 0 Å². The van der Waals surface area contributed by atoms with Crippen molar-refractivity contribution in [2.75, 3.05) is 17.3 Å². The second kappa shape index (κ2) is 6.58. The Hall–Kier alpha value is -2.40. The first-order chi connectivity index (χ1) is 10.4. The molecule has 114 valence electrons. The zero-order valence-corrected chi connectivity index (χ0v) is 12.8. The maximum absolute atomic E-state index is 13.6. The summed E-state index contributed by atoms with van der Waals surface area (Å²) in [5.74, 6) is -1.33. The van der Waals surface area contributed by atoms with Gasteiger partial charge < -0.3 is 10.2 Å². The molecule has 0 aliphatic heterocycles. The van der Waals surface area contributed by atoms with Crippen molar-refractivity contribution in [2.45, 2.75) is 6.92 Å². The third kappa shape index (κ3) is 3.62. The highest BCUT2D eigenvalue weighted by Crippen LogP contribution is 2.19. The minimum atomic E-state index is -0.644. The fourth-order valence-electron chi connectivity index (χ4n) is 1.82. The number of rotatable bonds is 3. The quantitative estimate of drug-likeness (QED) is 0.937. The van der Waals surface area contributed by atoms with E-state index in [0.717, 1.165) is 6.07 Å². The number of benzene rings is 2. The van der Waals surface area contributed by atoms with E-state index in [0.29, 0.717) is 11.4 Å². The second-order valence-electron chi connectivity index (χ2n) is 4.70. The predicted molar refractivity (Wildman–Crippen MR) is 84.9 cm³/mol. The smallest absolute Gasteiger partial charge is 0.258 e. The lowest BCUT2D eigenvalue weighted by Gasteiger charge is -2.15. The highest BCUT2D eigenvalue weighted by molar-refractivity contribution is 6.31. The van der Waals surface area contributed by atoms with E-state index in [9.17, 15) is 14.0 Å². The summed E-state index contributed by atoms with van der Waals surface area (Å²) in [5, 5.41) is 2.86. The first kappa shape index (κ1) is 16.0. The number of anilines is 2. The van der Waals surface area contributed by atoms with Crippen molar-refractivity contribution >= 4 is 34.8 Å². The largest absolute Gasteiger partial charge is 0.322 e. The minimum absolute atomic E-state index is 0.0993. The molecule has 6 heteroatoms. The minimum Gasteiger partial charge on any atom is -0.322 e. The Morgan fingerprint density at radius 3 is 2.36 bits per heavy atom. The summed E-state index contributed by atoms with van der Waals surface area (Å²) < 4.78 is 13.6. The molecule has 2 aromatic carbocycles. The number of hydrogen-bond acceptors (Lipinski definition) is 2. The van der Waals surface area contributed by atoms with E-state index in [1.807, 2.05) is 0 Å². The Kier molecular flexibility index (Phi) is 4.78. The molecule has 0 fully saturated rings. The molecule has 2 aromatic rings. The number of halogens is 2. The van der Waals surface area contributed by atoms with Gasteiger partial charge in [0, 0.05) is 30.4 Å². The van der Waals surface area contributed by atoms with Gasteiger partial charge in [0.25, 0.3) is 5.91 Å². The number of carbonyl (C=O) groups excluding carboxylic acids is 2. The topological polar surface area (TPSA) is 49.4 Å². The zero-order chi connectivity index (χ0) is 16.3. The van der Waals surface area contributed by atoms with Crippen LogP contribution in [0, 0.1) is 5.82 Å². The third-order valence-electron chi connectivity index (χ3n) is 3.16. The number of carbonyl (C=O) groups is 2.